The summed E-state index contributed by atoms with van der Waals surface area (Å²) in [7, 11) is 0. The highest BCUT2D eigenvalue weighted by atomic mass is 16.7. The molecule has 0 aliphatic carbocycles. The number of nitrogens with one attached hydrogen (secondary N) is 2. The lowest BCUT2D eigenvalue weighted by Crippen LogP contribution is -2.38. The first-order chi connectivity index (χ1) is 21.4. The molecule has 4 N–H and O–H groups in total. The summed E-state index contributed by atoms with van der Waals surface area (Å²) in [4.78, 5) is 25.9. The number of aliphatic hydroxyl groups is 2. The summed E-state index contributed by atoms with van der Waals surface area (Å²) in [6.07, 6.45) is 0.296. The second-order valence-corrected chi connectivity index (χ2v) is 11.2. The lowest BCUT2D eigenvalue weighted by molar-refractivity contribution is -0.252. The Balaban J connectivity index is 1.29. The Hall–Kier alpha value is -3.80. The van der Waals surface area contributed by atoms with Crippen LogP contribution in [0, 0.1) is 0 Å². The van der Waals surface area contributed by atoms with E-state index in [0.717, 1.165) is 46.3 Å². The summed E-state index contributed by atoms with van der Waals surface area (Å²) in [5.74, 6) is -0.484. The van der Waals surface area contributed by atoms with Crippen LogP contribution in [0.2, 0.25) is 0 Å². The fourth-order valence-electron chi connectivity index (χ4n) is 5.63. The number of ether oxygens (including phenoxy) is 3. The van der Waals surface area contributed by atoms with Gasteiger partial charge in [0.1, 0.15) is 6.54 Å². The predicted octanol–water partition coefficient (Wildman–Crippen LogP) is 3.82. The van der Waals surface area contributed by atoms with Crippen molar-refractivity contribution in [1.29, 1.82) is 0 Å². The molecule has 2 amide bonds. The van der Waals surface area contributed by atoms with Crippen LogP contribution >= 0.6 is 0 Å². The van der Waals surface area contributed by atoms with Crippen molar-refractivity contribution in [2.75, 3.05) is 32.8 Å². The maximum Gasteiger partial charge on any atom is 0.325 e. The first-order valence-electron chi connectivity index (χ1n) is 15.2. The topological polar surface area (TPSA) is 130 Å². The van der Waals surface area contributed by atoms with Crippen LogP contribution in [0.1, 0.15) is 54.4 Å². The SMILES string of the molecule is CCOC(=O)CNC(=O)NCc1cccc(-c2cccc([C@@H]3O[C@H](CN4CC[C@H](O)C4)C[C@H](c4ccc(CO)cc4)O3)c2)c1. The Morgan fingerprint density at radius 2 is 1.73 bits per heavy atom. The third-order valence-electron chi connectivity index (χ3n) is 7.90. The number of likely N-dealkylation sites (tertiary alicyclic amines) is 1. The number of rotatable bonds is 11. The summed E-state index contributed by atoms with van der Waals surface area (Å²) in [5, 5.41) is 24.8. The number of β-amino-alcohol motifs (C(OH)–C–C–N with tert-alkyl or cyclic N) is 1. The van der Waals surface area contributed by atoms with Crippen molar-refractivity contribution in [1.82, 2.24) is 15.5 Å². The fourth-order valence-corrected chi connectivity index (χ4v) is 5.63. The lowest BCUT2D eigenvalue weighted by atomic mass is 9.98. The van der Waals surface area contributed by atoms with Crippen LogP contribution in [0.25, 0.3) is 11.1 Å². The van der Waals surface area contributed by atoms with Gasteiger partial charge in [0.15, 0.2) is 6.29 Å². The molecule has 2 aliphatic heterocycles. The van der Waals surface area contributed by atoms with Gasteiger partial charge in [-0.25, -0.2) is 4.79 Å². The quantitative estimate of drug-likeness (QED) is 0.244. The van der Waals surface area contributed by atoms with Crippen molar-refractivity contribution in [3.8, 4) is 11.1 Å². The average molecular weight is 604 g/mol. The van der Waals surface area contributed by atoms with Gasteiger partial charge in [-0.3, -0.25) is 9.69 Å². The molecule has 4 atom stereocenters. The third-order valence-corrected chi connectivity index (χ3v) is 7.90. The Kier molecular flexibility index (Phi) is 11.0. The number of aliphatic hydroxyl groups excluding tert-OH is 2. The molecule has 5 rings (SSSR count). The van der Waals surface area contributed by atoms with Crippen molar-refractivity contribution in [3.63, 3.8) is 0 Å². The normalized spacial score (nSPS) is 22.0. The summed E-state index contributed by atoms with van der Waals surface area (Å²) < 4.78 is 17.9. The van der Waals surface area contributed by atoms with Gasteiger partial charge >= 0.3 is 12.0 Å². The van der Waals surface area contributed by atoms with Crippen molar-refractivity contribution >= 4 is 12.0 Å². The number of nitrogens with zero attached hydrogens (tertiary/aromatic N) is 1. The molecule has 0 aromatic heterocycles. The molecule has 234 valence electrons. The number of hydrogen-bond acceptors (Lipinski definition) is 8. The fraction of sp³-hybridized carbons (Fsp3) is 0.412. The highest BCUT2D eigenvalue weighted by molar-refractivity contribution is 5.80. The predicted molar refractivity (Wildman–Crippen MR) is 164 cm³/mol. The Bertz CT molecular complexity index is 1400. The summed E-state index contributed by atoms with van der Waals surface area (Å²) in [5.41, 5.74) is 5.65. The van der Waals surface area contributed by atoms with Gasteiger partial charge in [0.05, 0.1) is 31.5 Å². The van der Waals surface area contributed by atoms with E-state index < -0.39 is 18.3 Å². The van der Waals surface area contributed by atoms with E-state index in [4.69, 9.17) is 14.2 Å². The largest absolute Gasteiger partial charge is 0.465 e. The highest BCUT2D eigenvalue weighted by Gasteiger charge is 2.34. The monoisotopic (exact) mass is 603 g/mol. The summed E-state index contributed by atoms with van der Waals surface area (Å²) in [6.45, 7) is 4.28. The molecule has 2 heterocycles. The van der Waals surface area contributed by atoms with Gasteiger partial charge in [-0.1, -0.05) is 60.7 Å². The Morgan fingerprint density at radius 1 is 0.955 bits per heavy atom. The zero-order valence-electron chi connectivity index (χ0n) is 25.0. The molecule has 2 aliphatic rings. The maximum atomic E-state index is 12.1. The Morgan fingerprint density at radius 3 is 2.45 bits per heavy atom. The molecule has 3 aromatic rings. The molecule has 0 saturated carbocycles. The van der Waals surface area contributed by atoms with E-state index in [1.807, 2.05) is 66.7 Å². The minimum absolute atomic E-state index is 0.00973. The maximum absolute atomic E-state index is 12.1. The van der Waals surface area contributed by atoms with E-state index in [1.165, 1.54) is 0 Å². The molecular formula is C34H41N3O7. The van der Waals surface area contributed by atoms with Crippen LogP contribution in [0.15, 0.2) is 72.8 Å². The van der Waals surface area contributed by atoms with Crippen LogP contribution in [0.3, 0.4) is 0 Å². The molecule has 2 saturated heterocycles. The van der Waals surface area contributed by atoms with Crippen LogP contribution in [0.4, 0.5) is 4.79 Å². The molecule has 0 unspecified atom stereocenters. The molecule has 44 heavy (non-hydrogen) atoms. The molecule has 3 aromatic carbocycles. The van der Waals surface area contributed by atoms with E-state index in [-0.39, 0.29) is 38.1 Å². The Labute approximate surface area is 257 Å². The van der Waals surface area contributed by atoms with Crippen LogP contribution in [0.5, 0.6) is 0 Å². The molecule has 2 fully saturated rings. The number of carbonyl (C=O) groups excluding carboxylic acids is 2. The van der Waals surface area contributed by atoms with E-state index in [2.05, 4.69) is 21.6 Å². The average Bonchev–Trinajstić information content (AvgIpc) is 3.47. The van der Waals surface area contributed by atoms with Crippen molar-refractivity contribution in [3.05, 3.63) is 95.1 Å². The first kappa shape index (κ1) is 31.6. The lowest BCUT2D eigenvalue weighted by Gasteiger charge is -2.38. The van der Waals surface area contributed by atoms with Gasteiger partial charge < -0.3 is 35.1 Å². The number of urea groups is 1. The molecule has 0 radical (unpaired) electrons. The molecule has 0 bridgehead atoms. The van der Waals surface area contributed by atoms with Crippen molar-refractivity contribution in [2.24, 2.45) is 0 Å². The van der Waals surface area contributed by atoms with Gasteiger partial charge in [0.25, 0.3) is 0 Å². The number of carbonyl (C=O) groups is 2. The zero-order valence-corrected chi connectivity index (χ0v) is 25.0. The van der Waals surface area contributed by atoms with Crippen LogP contribution in [-0.2, 0) is 32.2 Å². The van der Waals surface area contributed by atoms with Gasteiger partial charge in [-0.15, -0.1) is 0 Å². The van der Waals surface area contributed by atoms with Gasteiger partial charge in [0.2, 0.25) is 0 Å². The van der Waals surface area contributed by atoms with E-state index in [0.29, 0.717) is 26.1 Å². The highest BCUT2D eigenvalue weighted by Crippen LogP contribution is 2.39. The standard InChI is InChI=1S/C34H41N3O7/c1-2-42-32(40)19-36-34(41)35-18-24-5-3-6-26(15-24)27-7-4-8-28(16-27)33-43-30(21-37-14-13-29(39)20-37)17-31(44-33)25-11-9-23(22-38)10-12-25/h3-12,15-16,29-31,33,38-39H,2,13-14,17-22H2,1H3,(H2,35,36,41)/t29-,30-,31+,33+/m0/s1. The van der Waals surface area contributed by atoms with Crippen LogP contribution in [-0.4, -0.2) is 72.1 Å². The number of hydrogen-bond donors (Lipinski definition) is 4. The third kappa shape index (κ3) is 8.64. The summed E-state index contributed by atoms with van der Waals surface area (Å²) in [6, 6.07) is 23.4. The van der Waals surface area contributed by atoms with Gasteiger partial charge in [0, 0.05) is 38.2 Å². The van der Waals surface area contributed by atoms with Gasteiger partial charge in [-0.05, 0) is 53.3 Å². The first-order valence-corrected chi connectivity index (χ1v) is 15.2. The number of benzene rings is 3. The van der Waals surface area contributed by atoms with E-state index in [1.54, 1.807) is 6.92 Å². The summed E-state index contributed by atoms with van der Waals surface area (Å²) >= 11 is 0. The minimum atomic E-state index is -0.586. The molecule has 10 heteroatoms. The number of amides is 2. The second kappa shape index (κ2) is 15.3. The van der Waals surface area contributed by atoms with E-state index in [9.17, 15) is 19.8 Å². The van der Waals surface area contributed by atoms with E-state index >= 15 is 0 Å². The molecule has 0 spiro atoms. The van der Waals surface area contributed by atoms with Gasteiger partial charge in [-0.2, -0.15) is 0 Å². The molecule has 10 nitrogen and oxygen atoms in total. The van der Waals surface area contributed by atoms with Crippen LogP contribution < -0.4 is 10.6 Å². The smallest absolute Gasteiger partial charge is 0.325 e. The second-order valence-electron chi connectivity index (χ2n) is 11.2. The molecular weight excluding hydrogens is 562 g/mol. The van der Waals surface area contributed by atoms with Crippen molar-refractivity contribution in [2.45, 2.75) is 57.5 Å². The minimum Gasteiger partial charge on any atom is -0.465 e. The number of esters is 1. The zero-order chi connectivity index (χ0) is 30.9. The van der Waals surface area contributed by atoms with Crippen molar-refractivity contribution < 1.29 is 34.0 Å².